The molecule has 5 aliphatic rings. The van der Waals surface area contributed by atoms with Gasteiger partial charge in [-0.05, 0) is 81.9 Å². The van der Waals surface area contributed by atoms with Gasteiger partial charge in [-0.25, -0.2) is 17.6 Å². The highest BCUT2D eigenvalue weighted by molar-refractivity contribution is 7.91. The molecule has 13 nitrogen and oxygen atoms in total. The molecule has 4 amide bonds. The molecule has 5 atom stereocenters. The first-order valence-electron chi connectivity index (χ1n) is 17.3. The number of oxime groups is 1. The second-order valence-corrected chi connectivity index (χ2v) is 15.7. The quantitative estimate of drug-likeness (QED) is 0.211. The van der Waals surface area contributed by atoms with Crippen molar-refractivity contribution in [2.75, 3.05) is 6.54 Å². The highest BCUT2D eigenvalue weighted by atomic mass is 32.2. The lowest BCUT2D eigenvalue weighted by atomic mass is 10.0. The third kappa shape index (κ3) is 8.60. The summed E-state index contributed by atoms with van der Waals surface area (Å²) >= 11 is 0. The zero-order chi connectivity index (χ0) is 34.6. The van der Waals surface area contributed by atoms with Gasteiger partial charge in [0.05, 0.1) is 18.0 Å². The van der Waals surface area contributed by atoms with E-state index in [2.05, 4.69) is 20.5 Å². The van der Waals surface area contributed by atoms with Crippen LogP contribution in [0.4, 0.5) is 9.18 Å². The summed E-state index contributed by atoms with van der Waals surface area (Å²) in [4.78, 5) is 61.8. The SMILES string of the molecule is O=C(N[C@H]1CCCCC/C=C\[C@@H]2C[C@]2(C(=O)NS(=O)(=O)C2CC2)NC(=O)[C@@H]2C[C@@H](O/N=C/c3ccc(F)cc3)CN2C1=O)OC1CCCC1. The predicted molar refractivity (Wildman–Crippen MR) is 176 cm³/mol. The third-order valence-corrected chi connectivity index (χ3v) is 11.8. The molecule has 0 radical (unpaired) electrons. The summed E-state index contributed by atoms with van der Waals surface area (Å²) in [5.41, 5.74) is -0.914. The first kappa shape index (κ1) is 34.8. The molecular formula is C34H44FN5O8S. The highest BCUT2D eigenvalue weighted by Gasteiger charge is 2.62. The fourth-order valence-electron chi connectivity index (χ4n) is 6.90. The minimum Gasteiger partial charge on any atom is -0.446 e. The number of allylic oxidation sites excluding steroid dienone is 1. The van der Waals surface area contributed by atoms with Crippen molar-refractivity contribution in [1.82, 2.24) is 20.3 Å². The van der Waals surface area contributed by atoms with Gasteiger partial charge in [-0.15, -0.1) is 0 Å². The van der Waals surface area contributed by atoms with Gasteiger partial charge in [0.1, 0.15) is 35.6 Å². The summed E-state index contributed by atoms with van der Waals surface area (Å²) < 4.78 is 46.5. The number of nitrogens with one attached hydrogen (secondary N) is 3. The lowest BCUT2D eigenvalue weighted by molar-refractivity contribution is -0.141. The third-order valence-electron chi connectivity index (χ3n) is 9.99. The van der Waals surface area contributed by atoms with Gasteiger partial charge in [0.25, 0.3) is 5.91 Å². The van der Waals surface area contributed by atoms with Crippen molar-refractivity contribution in [3.05, 3.63) is 47.8 Å². The van der Waals surface area contributed by atoms with Crippen LogP contribution in [0.3, 0.4) is 0 Å². The van der Waals surface area contributed by atoms with E-state index in [0.29, 0.717) is 37.7 Å². The second-order valence-electron chi connectivity index (χ2n) is 13.8. The number of benzene rings is 1. The van der Waals surface area contributed by atoms with Gasteiger partial charge in [-0.2, -0.15) is 0 Å². The smallest absolute Gasteiger partial charge is 0.408 e. The maximum absolute atomic E-state index is 14.2. The van der Waals surface area contributed by atoms with Gasteiger partial charge < -0.3 is 25.1 Å². The van der Waals surface area contributed by atoms with Crippen molar-refractivity contribution >= 4 is 40.1 Å². The zero-order valence-electron chi connectivity index (χ0n) is 27.4. The molecule has 3 saturated carbocycles. The van der Waals surface area contributed by atoms with Crippen LogP contribution in [0.15, 0.2) is 41.6 Å². The Balaban J connectivity index is 1.23. The number of alkyl carbamates (subject to hydrolysis) is 1. The van der Waals surface area contributed by atoms with E-state index in [1.807, 2.05) is 12.2 Å². The highest BCUT2D eigenvalue weighted by Crippen LogP contribution is 2.46. The molecule has 1 aromatic rings. The molecule has 0 spiro atoms. The van der Waals surface area contributed by atoms with Crippen molar-refractivity contribution in [3.8, 4) is 0 Å². The topological polar surface area (TPSA) is 173 Å². The van der Waals surface area contributed by atoms with E-state index in [9.17, 15) is 32.0 Å². The number of carbonyl (C=O) groups is 4. The predicted octanol–water partition coefficient (Wildman–Crippen LogP) is 3.19. The molecule has 0 aromatic heterocycles. The Morgan fingerprint density at radius 2 is 1.73 bits per heavy atom. The molecule has 49 heavy (non-hydrogen) atoms. The molecule has 6 rings (SSSR count). The van der Waals surface area contributed by atoms with Crippen LogP contribution in [0.1, 0.15) is 89.0 Å². The Kier molecular flexibility index (Phi) is 10.6. The second kappa shape index (κ2) is 14.9. The fraction of sp³-hybridized carbons (Fsp3) is 0.618. The van der Waals surface area contributed by atoms with Crippen LogP contribution in [0, 0.1) is 11.7 Å². The first-order chi connectivity index (χ1) is 23.5. The average molecular weight is 702 g/mol. The molecule has 2 heterocycles. The summed E-state index contributed by atoms with van der Waals surface area (Å²) in [6, 6.07) is 3.53. The van der Waals surface area contributed by atoms with Gasteiger partial charge in [0.15, 0.2) is 0 Å². The summed E-state index contributed by atoms with van der Waals surface area (Å²) in [5, 5.41) is 8.97. The average Bonchev–Trinajstić information content (AvgIpc) is 3.94. The number of carbonyl (C=O) groups excluding carboxylic acids is 4. The Morgan fingerprint density at radius 3 is 2.47 bits per heavy atom. The molecule has 266 valence electrons. The largest absolute Gasteiger partial charge is 0.446 e. The summed E-state index contributed by atoms with van der Waals surface area (Å²) in [6.07, 6.45) is 11.4. The van der Waals surface area contributed by atoms with E-state index < -0.39 is 74.5 Å². The van der Waals surface area contributed by atoms with Crippen molar-refractivity contribution in [1.29, 1.82) is 0 Å². The molecule has 15 heteroatoms. The van der Waals surface area contributed by atoms with Gasteiger partial charge in [0.2, 0.25) is 21.8 Å². The first-order valence-corrected chi connectivity index (χ1v) is 18.9. The van der Waals surface area contributed by atoms with E-state index in [-0.39, 0.29) is 25.5 Å². The molecule has 0 unspecified atom stereocenters. The van der Waals surface area contributed by atoms with Gasteiger partial charge in [-0.3, -0.25) is 19.1 Å². The Hall–Kier alpha value is -4.01. The summed E-state index contributed by atoms with van der Waals surface area (Å²) in [7, 11) is -3.88. The number of rotatable bonds is 8. The number of amides is 4. The van der Waals surface area contributed by atoms with E-state index in [0.717, 1.165) is 38.5 Å². The Morgan fingerprint density at radius 1 is 1.00 bits per heavy atom. The zero-order valence-corrected chi connectivity index (χ0v) is 28.2. The molecule has 4 fully saturated rings. The fourth-order valence-corrected chi connectivity index (χ4v) is 8.26. The molecular weight excluding hydrogens is 657 g/mol. The maximum atomic E-state index is 14.2. The normalized spacial score (nSPS) is 30.3. The van der Waals surface area contributed by atoms with E-state index in [1.54, 1.807) is 0 Å². The van der Waals surface area contributed by atoms with Crippen LogP contribution in [0.5, 0.6) is 0 Å². The molecule has 1 saturated heterocycles. The summed E-state index contributed by atoms with van der Waals surface area (Å²) in [5.74, 6) is -2.75. The minimum atomic E-state index is -3.88. The van der Waals surface area contributed by atoms with Crippen molar-refractivity contribution < 1.29 is 41.6 Å². The minimum absolute atomic E-state index is 0.0240. The monoisotopic (exact) mass is 701 g/mol. The summed E-state index contributed by atoms with van der Waals surface area (Å²) in [6.45, 7) is -0.0356. The van der Waals surface area contributed by atoms with E-state index in [1.165, 1.54) is 35.4 Å². The molecule has 0 bridgehead atoms. The van der Waals surface area contributed by atoms with E-state index in [4.69, 9.17) is 9.57 Å². The van der Waals surface area contributed by atoms with Crippen molar-refractivity contribution in [2.24, 2.45) is 11.1 Å². The molecule has 3 aliphatic carbocycles. The van der Waals surface area contributed by atoms with E-state index >= 15 is 0 Å². The van der Waals surface area contributed by atoms with Crippen LogP contribution < -0.4 is 15.4 Å². The van der Waals surface area contributed by atoms with Gasteiger partial charge >= 0.3 is 6.09 Å². The Bertz CT molecular complexity index is 1580. The van der Waals surface area contributed by atoms with Crippen LogP contribution in [-0.2, 0) is 34.0 Å². The molecule has 2 aliphatic heterocycles. The lowest BCUT2D eigenvalue weighted by Crippen LogP contribution is -2.58. The lowest BCUT2D eigenvalue weighted by Gasteiger charge is -2.30. The van der Waals surface area contributed by atoms with Crippen molar-refractivity contribution in [3.63, 3.8) is 0 Å². The number of hydrogen-bond donors (Lipinski definition) is 3. The van der Waals surface area contributed by atoms with Crippen molar-refractivity contribution in [2.45, 2.75) is 119 Å². The number of nitrogens with zero attached hydrogens (tertiary/aromatic N) is 2. The number of ether oxygens (including phenoxy) is 1. The number of sulfonamides is 1. The number of hydrogen-bond acceptors (Lipinski definition) is 9. The Labute approximate surface area is 285 Å². The van der Waals surface area contributed by atoms with Gasteiger partial charge in [-0.1, -0.05) is 42.3 Å². The maximum Gasteiger partial charge on any atom is 0.408 e. The molecule has 3 N–H and O–H groups in total. The standard InChI is InChI=1S/C34H44FN5O8S/c35-24-14-12-22(13-15-24)20-36-48-26-18-29-30(41)38-34(32(43)39-49(45,46)27-16-17-27)19-23(34)8-4-2-1-3-5-11-28(31(42)40(29)21-26)37-33(44)47-25-9-6-7-10-25/h4,8,12-15,20,23,25-29H,1-3,5-7,9-11,16-19,21H2,(H,37,44)(H,38,41)(H,39,43)/b8-4-,36-20+/t23-,26-,28+,29+,34+/m1/s1. The number of fused-ring (bicyclic) bond motifs is 2. The van der Waals surface area contributed by atoms with Crippen LogP contribution in [-0.4, -0.2) is 85.0 Å². The number of halogens is 1. The van der Waals surface area contributed by atoms with Gasteiger partial charge in [0, 0.05) is 12.3 Å². The van der Waals surface area contributed by atoms with Crippen LogP contribution in [0.25, 0.3) is 0 Å². The van der Waals surface area contributed by atoms with Crippen LogP contribution >= 0.6 is 0 Å². The molecule has 1 aromatic carbocycles. The van der Waals surface area contributed by atoms with Crippen LogP contribution in [0.2, 0.25) is 0 Å².